The van der Waals surface area contributed by atoms with E-state index in [-0.39, 0.29) is 0 Å². The van der Waals surface area contributed by atoms with Crippen molar-refractivity contribution in [3.05, 3.63) is 0 Å². The molecular formula is C7H15NO. The second-order valence-corrected chi connectivity index (χ2v) is 2.76. The average molecular weight is 129 g/mol. The van der Waals surface area contributed by atoms with Gasteiger partial charge in [-0.1, -0.05) is 6.92 Å². The van der Waals surface area contributed by atoms with E-state index in [1.165, 1.54) is 12.8 Å². The van der Waals surface area contributed by atoms with Gasteiger partial charge in [-0.05, 0) is 18.8 Å². The van der Waals surface area contributed by atoms with E-state index >= 15 is 0 Å². The van der Waals surface area contributed by atoms with Crippen molar-refractivity contribution in [2.24, 2.45) is 11.7 Å². The first kappa shape index (κ1) is 7.03. The monoisotopic (exact) mass is 129 g/mol. The average Bonchev–Trinajstić information content (AvgIpc) is 1.89. The summed E-state index contributed by atoms with van der Waals surface area (Å²) in [5, 5.41) is 0. The molecule has 0 unspecified atom stereocenters. The van der Waals surface area contributed by atoms with Crippen LogP contribution in [0.2, 0.25) is 0 Å². The molecule has 1 saturated heterocycles. The van der Waals surface area contributed by atoms with Gasteiger partial charge in [-0.3, -0.25) is 0 Å². The van der Waals surface area contributed by atoms with Crippen molar-refractivity contribution in [2.45, 2.75) is 25.9 Å². The van der Waals surface area contributed by atoms with Crippen LogP contribution < -0.4 is 5.73 Å². The third-order valence-electron chi connectivity index (χ3n) is 2.00. The number of ether oxygens (including phenoxy) is 1. The van der Waals surface area contributed by atoms with Gasteiger partial charge >= 0.3 is 0 Å². The lowest BCUT2D eigenvalue weighted by Crippen LogP contribution is -2.34. The summed E-state index contributed by atoms with van der Waals surface area (Å²) < 4.78 is 5.41. The summed E-state index contributed by atoms with van der Waals surface area (Å²) in [6.45, 7) is 3.80. The van der Waals surface area contributed by atoms with Gasteiger partial charge in [0.2, 0.25) is 0 Å². The molecule has 0 saturated carbocycles. The first-order chi connectivity index (χ1) is 4.34. The lowest BCUT2D eigenvalue weighted by atomic mass is 9.97. The smallest absolute Gasteiger partial charge is 0.0722 e. The molecule has 1 rings (SSSR count). The van der Waals surface area contributed by atoms with E-state index in [1.54, 1.807) is 0 Å². The van der Waals surface area contributed by atoms with Crippen LogP contribution in [0.15, 0.2) is 0 Å². The van der Waals surface area contributed by atoms with Gasteiger partial charge in [-0.15, -0.1) is 0 Å². The molecule has 1 heterocycles. The van der Waals surface area contributed by atoms with Crippen LogP contribution in [-0.2, 0) is 4.74 Å². The van der Waals surface area contributed by atoms with Gasteiger partial charge in [-0.2, -0.15) is 0 Å². The lowest BCUT2D eigenvalue weighted by Gasteiger charge is -2.27. The lowest BCUT2D eigenvalue weighted by molar-refractivity contribution is -0.0139. The zero-order chi connectivity index (χ0) is 6.69. The fourth-order valence-corrected chi connectivity index (χ4v) is 1.29. The Hall–Kier alpha value is -0.0800. The molecule has 2 heteroatoms. The number of rotatable bonds is 1. The van der Waals surface area contributed by atoms with Gasteiger partial charge < -0.3 is 10.5 Å². The molecule has 2 nitrogen and oxygen atoms in total. The van der Waals surface area contributed by atoms with Gasteiger partial charge in [0.05, 0.1) is 6.10 Å². The van der Waals surface area contributed by atoms with E-state index < -0.39 is 0 Å². The molecule has 54 valence electrons. The van der Waals surface area contributed by atoms with Crippen molar-refractivity contribution in [1.82, 2.24) is 0 Å². The van der Waals surface area contributed by atoms with E-state index in [2.05, 4.69) is 6.92 Å². The second-order valence-electron chi connectivity index (χ2n) is 2.76. The summed E-state index contributed by atoms with van der Waals surface area (Å²) in [5.74, 6) is 0.670. The molecule has 2 N–H and O–H groups in total. The molecule has 1 fully saturated rings. The molecule has 1 aliphatic rings. The Kier molecular flexibility index (Phi) is 2.49. The van der Waals surface area contributed by atoms with Crippen LogP contribution >= 0.6 is 0 Å². The SMILES string of the molecule is C[C@H]1CCCO[C@H]1CN. The van der Waals surface area contributed by atoms with Gasteiger partial charge in [0, 0.05) is 13.2 Å². The van der Waals surface area contributed by atoms with E-state index in [1.807, 2.05) is 0 Å². The fraction of sp³-hybridized carbons (Fsp3) is 1.00. The molecule has 0 bridgehead atoms. The fourth-order valence-electron chi connectivity index (χ4n) is 1.29. The van der Waals surface area contributed by atoms with Gasteiger partial charge in [-0.25, -0.2) is 0 Å². The van der Waals surface area contributed by atoms with Crippen LogP contribution in [0.4, 0.5) is 0 Å². The molecule has 9 heavy (non-hydrogen) atoms. The molecule has 0 aromatic rings. The highest BCUT2D eigenvalue weighted by molar-refractivity contribution is 4.70. The zero-order valence-corrected chi connectivity index (χ0v) is 5.97. The molecule has 2 atom stereocenters. The Morgan fingerprint density at radius 3 is 2.89 bits per heavy atom. The largest absolute Gasteiger partial charge is 0.377 e. The van der Waals surface area contributed by atoms with Crippen molar-refractivity contribution < 1.29 is 4.74 Å². The minimum absolute atomic E-state index is 0.332. The molecule has 0 amide bonds. The first-order valence-electron chi connectivity index (χ1n) is 3.66. The molecule has 0 spiro atoms. The number of hydrogen-bond acceptors (Lipinski definition) is 2. The van der Waals surface area contributed by atoms with E-state index in [9.17, 15) is 0 Å². The van der Waals surface area contributed by atoms with Crippen LogP contribution in [0.3, 0.4) is 0 Å². The van der Waals surface area contributed by atoms with Crippen molar-refractivity contribution in [1.29, 1.82) is 0 Å². The number of nitrogens with two attached hydrogens (primary N) is 1. The highest BCUT2D eigenvalue weighted by Crippen LogP contribution is 2.18. The van der Waals surface area contributed by atoms with Crippen LogP contribution in [0, 0.1) is 5.92 Å². The summed E-state index contributed by atoms with van der Waals surface area (Å²) in [6, 6.07) is 0. The van der Waals surface area contributed by atoms with E-state index in [0.717, 1.165) is 6.61 Å². The third kappa shape index (κ3) is 1.66. The third-order valence-corrected chi connectivity index (χ3v) is 2.00. The summed E-state index contributed by atoms with van der Waals surface area (Å²) in [5.41, 5.74) is 5.47. The van der Waals surface area contributed by atoms with Crippen molar-refractivity contribution in [3.63, 3.8) is 0 Å². The van der Waals surface area contributed by atoms with Crippen molar-refractivity contribution in [3.8, 4) is 0 Å². The highest BCUT2D eigenvalue weighted by atomic mass is 16.5. The second kappa shape index (κ2) is 3.18. The standard InChI is InChI=1S/C7H15NO/c1-6-3-2-4-9-7(6)5-8/h6-7H,2-5,8H2,1H3/t6-,7-/m0/s1. The molecule has 0 aliphatic carbocycles. The maximum atomic E-state index is 5.47. The van der Waals surface area contributed by atoms with Gasteiger partial charge in [0.15, 0.2) is 0 Å². The Balaban J connectivity index is 2.30. The molecular weight excluding hydrogens is 114 g/mol. The minimum atomic E-state index is 0.332. The quantitative estimate of drug-likeness (QED) is 0.567. The highest BCUT2D eigenvalue weighted by Gasteiger charge is 2.19. The molecule has 1 aliphatic heterocycles. The van der Waals surface area contributed by atoms with Crippen LogP contribution in [0.5, 0.6) is 0 Å². The van der Waals surface area contributed by atoms with Crippen LogP contribution in [0.1, 0.15) is 19.8 Å². The topological polar surface area (TPSA) is 35.2 Å². The van der Waals surface area contributed by atoms with Crippen LogP contribution in [0.25, 0.3) is 0 Å². The Morgan fingerprint density at radius 2 is 2.44 bits per heavy atom. The normalized spacial score (nSPS) is 36.7. The van der Waals surface area contributed by atoms with Gasteiger partial charge in [0.1, 0.15) is 0 Å². The van der Waals surface area contributed by atoms with E-state index in [0.29, 0.717) is 18.6 Å². The summed E-state index contributed by atoms with van der Waals surface area (Å²) in [6.07, 6.45) is 2.82. The predicted octanol–water partition coefficient (Wildman–Crippen LogP) is 0.760. The minimum Gasteiger partial charge on any atom is -0.377 e. The Morgan fingerprint density at radius 1 is 1.67 bits per heavy atom. The summed E-state index contributed by atoms with van der Waals surface area (Å²) in [7, 11) is 0. The van der Waals surface area contributed by atoms with E-state index in [4.69, 9.17) is 10.5 Å². The maximum absolute atomic E-state index is 5.47. The van der Waals surface area contributed by atoms with Crippen molar-refractivity contribution >= 4 is 0 Å². The Bertz CT molecular complexity index is 85.0. The van der Waals surface area contributed by atoms with Crippen molar-refractivity contribution in [2.75, 3.05) is 13.2 Å². The molecule has 0 aromatic carbocycles. The Labute approximate surface area is 56.4 Å². The molecule has 0 aromatic heterocycles. The summed E-state index contributed by atoms with van der Waals surface area (Å²) in [4.78, 5) is 0. The van der Waals surface area contributed by atoms with Gasteiger partial charge in [0.25, 0.3) is 0 Å². The first-order valence-corrected chi connectivity index (χ1v) is 3.66. The predicted molar refractivity (Wildman–Crippen MR) is 37.2 cm³/mol. The number of hydrogen-bond donors (Lipinski definition) is 1. The maximum Gasteiger partial charge on any atom is 0.0722 e. The molecule has 0 radical (unpaired) electrons. The summed E-state index contributed by atoms with van der Waals surface area (Å²) >= 11 is 0. The van der Waals surface area contributed by atoms with Crippen LogP contribution in [-0.4, -0.2) is 19.3 Å². The zero-order valence-electron chi connectivity index (χ0n) is 5.97.